The number of hydrogen-bond acceptors (Lipinski definition) is 4. The average molecular weight is 418 g/mol. The van der Waals surface area contributed by atoms with E-state index in [4.69, 9.17) is 9.47 Å². The van der Waals surface area contributed by atoms with Crippen molar-refractivity contribution in [2.24, 2.45) is 0 Å². The van der Waals surface area contributed by atoms with Gasteiger partial charge in [0.1, 0.15) is 24.1 Å². The van der Waals surface area contributed by atoms with Crippen molar-refractivity contribution in [2.45, 2.75) is 31.5 Å². The van der Waals surface area contributed by atoms with Crippen LogP contribution in [0, 0.1) is 0 Å². The second kappa shape index (κ2) is 9.67. The summed E-state index contributed by atoms with van der Waals surface area (Å²) in [5, 5.41) is 9.75. The Morgan fingerprint density at radius 2 is 1.58 bits per heavy atom. The van der Waals surface area contributed by atoms with Crippen molar-refractivity contribution in [3.63, 3.8) is 0 Å². The molecule has 0 aliphatic carbocycles. The molecule has 0 amide bonds. The molecule has 1 heterocycles. The van der Waals surface area contributed by atoms with E-state index in [0.29, 0.717) is 13.0 Å². The molecule has 31 heavy (non-hydrogen) atoms. The second-order valence-corrected chi connectivity index (χ2v) is 7.75. The third kappa shape index (κ3) is 4.89. The van der Waals surface area contributed by atoms with Crippen LogP contribution in [-0.2, 0) is 11.4 Å². The van der Waals surface area contributed by atoms with Crippen LogP contribution in [0.25, 0.3) is 0 Å². The van der Waals surface area contributed by atoms with Gasteiger partial charge in [0, 0.05) is 6.54 Å². The first-order valence-corrected chi connectivity index (χ1v) is 10.5. The van der Waals surface area contributed by atoms with Crippen molar-refractivity contribution in [1.82, 2.24) is 4.90 Å². The molecule has 5 heteroatoms. The van der Waals surface area contributed by atoms with Crippen LogP contribution in [0.4, 0.5) is 0 Å². The lowest BCUT2D eigenvalue weighted by molar-refractivity contribution is -0.142. The molecule has 0 saturated carbocycles. The van der Waals surface area contributed by atoms with E-state index >= 15 is 0 Å². The number of carbonyl (C=O) groups is 1. The van der Waals surface area contributed by atoms with E-state index < -0.39 is 12.0 Å². The van der Waals surface area contributed by atoms with Gasteiger partial charge in [0.15, 0.2) is 0 Å². The molecule has 0 spiro atoms. The van der Waals surface area contributed by atoms with Gasteiger partial charge in [0.05, 0.1) is 13.2 Å². The quantitative estimate of drug-likeness (QED) is 0.564. The summed E-state index contributed by atoms with van der Waals surface area (Å²) in [6.45, 7) is 1.26. The number of ether oxygens (including phenoxy) is 2. The summed E-state index contributed by atoms with van der Waals surface area (Å²) in [4.78, 5) is 14.0. The van der Waals surface area contributed by atoms with Gasteiger partial charge in [-0.15, -0.1) is 0 Å². The van der Waals surface area contributed by atoms with Crippen molar-refractivity contribution in [2.75, 3.05) is 13.7 Å². The molecule has 1 aliphatic heterocycles. The van der Waals surface area contributed by atoms with Crippen molar-refractivity contribution >= 4 is 5.97 Å². The number of likely N-dealkylation sites (tertiary alicyclic amines) is 1. The largest absolute Gasteiger partial charge is 0.497 e. The zero-order chi connectivity index (χ0) is 21.6. The number of benzene rings is 3. The summed E-state index contributed by atoms with van der Waals surface area (Å²) in [6, 6.07) is 25.3. The van der Waals surface area contributed by atoms with E-state index in [0.717, 1.165) is 41.2 Å². The summed E-state index contributed by atoms with van der Waals surface area (Å²) < 4.78 is 11.2. The molecular weight excluding hydrogens is 390 g/mol. The van der Waals surface area contributed by atoms with Gasteiger partial charge in [-0.1, -0.05) is 54.6 Å². The van der Waals surface area contributed by atoms with Gasteiger partial charge in [-0.3, -0.25) is 9.69 Å². The SMILES string of the molecule is COc1ccc(C(c2ccc(OCc3ccccc3)cc2)N2CCCC2C(=O)O)cc1. The molecule has 1 fully saturated rings. The highest BCUT2D eigenvalue weighted by molar-refractivity contribution is 5.74. The van der Waals surface area contributed by atoms with E-state index in [-0.39, 0.29) is 6.04 Å². The molecule has 3 aromatic carbocycles. The normalized spacial score (nSPS) is 17.3. The van der Waals surface area contributed by atoms with Gasteiger partial charge in [-0.25, -0.2) is 0 Å². The highest BCUT2D eigenvalue weighted by Gasteiger charge is 2.36. The number of carboxylic acid groups (broad SMARTS) is 1. The molecular formula is C26H27NO4. The van der Waals surface area contributed by atoms with Crippen LogP contribution in [0.2, 0.25) is 0 Å². The highest BCUT2D eigenvalue weighted by Crippen LogP contribution is 2.36. The van der Waals surface area contributed by atoms with Crippen molar-refractivity contribution in [3.05, 3.63) is 95.6 Å². The van der Waals surface area contributed by atoms with Gasteiger partial charge < -0.3 is 14.6 Å². The Morgan fingerprint density at radius 3 is 2.16 bits per heavy atom. The molecule has 2 atom stereocenters. The standard InChI is InChI=1S/C26H27NO4/c1-30-22-13-9-20(10-14-22)25(27-17-5-8-24(27)26(28)29)21-11-15-23(16-12-21)31-18-19-6-3-2-4-7-19/h2-4,6-7,9-16,24-25H,5,8,17-18H2,1H3,(H,28,29). The summed E-state index contributed by atoms with van der Waals surface area (Å²) >= 11 is 0. The maximum absolute atomic E-state index is 11.9. The van der Waals surface area contributed by atoms with Gasteiger partial charge in [0.2, 0.25) is 0 Å². The molecule has 1 aliphatic rings. The summed E-state index contributed by atoms with van der Waals surface area (Å²) in [5.41, 5.74) is 3.21. The number of carboxylic acids is 1. The van der Waals surface area contributed by atoms with Crippen molar-refractivity contribution in [1.29, 1.82) is 0 Å². The molecule has 0 radical (unpaired) electrons. The molecule has 2 unspecified atom stereocenters. The first-order chi connectivity index (χ1) is 15.2. The lowest BCUT2D eigenvalue weighted by atomic mass is 9.96. The van der Waals surface area contributed by atoms with Crippen molar-refractivity contribution in [3.8, 4) is 11.5 Å². The lowest BCUT2D eigenvalue weighted by Crippen LogP contribution is -2.39. The van der Waals surface area contributed by atoms with Crippen LogP contribution in [0.5, 0.6) is 11.5 Å². The smallest absolute Gasteiger partial charge is 0.320 e. The Balaban J connectivity index is 1.59. The molecule has 1 saturated heterocycles. The third-order valence-corrected chi connectivity index (χ3v) is 5.79. The molecule has 0 aromatic heterocycles. The van der Waals surface area contributed by atoms with Crippen LogP contribution in [0.3, 0.4) is 0 Å². The topological polar surface area (TPSA) is 59.0 Å². The van der Waals surface area contributed by atoms with E-state index in [1.54, 1.807) is 7.11 Å². The average Bonchev–Trinajstić information content (AvgIpc) is 3.30. The third-order valence-electron chi connectivity index (χ3n) is 5.79. The van der Waals surface area contributed by atoms with Gasteiger partial charge in [0.25, 0.3) is 0 Å². The summed E-state index contributed by atoms with van der Waals surface area (Å²) in [7, 11) is 1.64. The number of rotatable bonds is 8. The fraction of sp³-hybridized carbons (Fsp3) is 0.269. The molecule has 160 valence electrons. The summed E-state index contributed by atoms with van der Waals surface area (Å²) in [6.07, 6.45) is 1.54. The van der Waals surface area contributed by atoms with E-state index in [9.17, 15) is 9.90 Å². The van der Waals surface area contributed by atoms with Crippen LogP contribution < -0.4 is 9.47 Å². The van der Waals surface area contributed by atoms with Gasteiger partial charge in [-0.2, -0.15) is 0 Å². The number of aliphatic carboxylic acids is 1. The fourth-order valence-corrected chi connectivity index (χ4v) is 4.21. The van der Waals surface area contributed by atoms with Crippen LogP contribution in [-0.4, -0.2) is 35.7 Å². The number of methoxy groups -OCH3 is 1. The Labute approximate surface area is 182 Å². The molecule has 5 nitrogen and oxygen atoms in total. The minimum Gasteiger partial charge on any atom is -0.497 e. The zero-order valence-corrected chi connectivity index (χ0v) is 17.6. The molecule has 3 aromatic rings. The first-order valence-electron chi connectivity index (χ1n) is 10.5. The van der Waals surface area contributed by atoms with Gasteiger partial charge in [-0.05, 0) is 53.8 Å². The van der Waals surface area contributed by atoms with E-state index in [1.165, 1.54) is 0 Å². The minimum atomic E-state index is -0.765. The lowest BCUT2D eigenvalue weighted by Gasteiger charge is -2.32. The highest BCUT2D eigenvalue weighted by atomic mass is 16.5. The van der Waals surface area contributed by atoms with Crippen LogP contribution in [0.1, 0.15) is 35.6 Å². The Hall–Kier alpha value is -3.31. The predicted molar refractivity (Wildman–Crippen MR) is 119 cm³/mol. The molecule has 1 N–H and O–H groups in total. The minimum absolute atomic E-state index is 0.141. The van der Waals surface area contributed by atoms with E-state index in [1.807, 2.05) is 78.9 Å². The first kappa shape index (κ1) is 20.9. The monoisotopic (exact) mass is 417 g/mol. The molecule has 0 bridgehead atoms. The predicted octanol–water partition coefficient (Wildman–Crippen LogP) is 4.91. The maximum atomic E-state index is 11.9. The Morgan fingerprint density at radius 1 is 0.968 bits per heavy atom. The second-order valence-electron chi connectivity index (χ2n) is 7.75. The Kier molecular flexibility index (Phi) is 6.53. The van der Waals surface area contributed by atoms with Crippen LogP contribution in [0.15, 0.2) is 78.9 Å². The van der Waals surface area contributed by atoms with Gasteiger partial charge >= 0.3 is 5.97 Å². The zero-order valence-electron chi connectivity index (χ0n) is 17.6. The maximum Gasteiger partial charge on any atom is 0.320 e. The summed E-state index contributed by atoms with van der Waals surface area (Å²) in [5.74, 6) is 0.805. The Bertz CT molecular complexity index is 986. The van der Waals surface area contributed by atoms with Crippen molar-refractivity contribution < 1.29 is 19.4 Å². The van der Waals surface area contributed by atoms with Crippen LogP contribution >= 0.6 is 0 Å². The number of nitrogens with zero attached hydrogens (tertiary/aromatic N) is 1. The van der Waals surface area contributed by atoms with E-state index in [2.05, 4.69) is 4.90 Å². The molecule has 4 rings (SSSR count). The fourth-order valence-electron chi connectivity index (χ4n) is 4.21. The number of hydrogen-bond donors (Lipinski definition) is 1.